The lowest BCUT2D eigenvalue weighted by Crippen LogP contribution is -2.24. The van der Waals surface area contributed by atoms with Crippen LogP contribution in [0.3, 0.4) is 0 Å². The molecule has 0 radical (unpaired) electrons. The number of nitrogens with one attached hydrogen (secondary N) is 1. The Morgan fingerprint density at radius 1 is 1.22 bits per heavy atom. The molecule has 0 unspecified atom stereocenters. The Bertz CT molecular complexity index is 511. The number of para-hydroxylation sites is 1. The molecule has 0 aliphatic carbocycles. The minimum absolute atomic E-state index is 0.0387. The molecule has 1 aliphatic rings. The summed E-state index contributed by atoms with van der Waals surface area (Å²) in [5.41, 5.74) is 1.69. The van der Waals surface area contributed by atoms with E-state index in [1.807, 2.05) is 18.2 Å². The predicted octanol–water partition coefficient (Wildman–Crippen LogP) is 4.44. The van der Waals surface area contributed by atoms with Crippen LogP contribution < -0.4 is 5.32 Å². The maximum absolute atomic E-state index is 12.4. The van der Waals surface area contributed by atoms with Gasteiger partial charge in [-0.2, -0.15) is 0 Å². The van der Waals surface area contributed by atoms with Gasteiger partial charge in [0.25, 0.3) is 5.91 Å². The summed E-state index contributed by atoms with van der Waals surface area (Å²) in [6, 6.07) is 7.97. The van der Waals surface area contributed by atoms with E-state index in [0.29, 0.717) is 0 Å². The SMILES string of the molecule is CCC1=C(C(C)(C)C)C(=O)Nc2ccccc2S1. The summed E-state index contributed by atoms with van der Waals surface area (Å²) in [4.78, 5) is 14.7. The van der Waals surface area contributed by atoms with Gasteiger partial charge in [-0.05, 0) is 28.9 Å². The maximum atomic E-state index is 12.4. The van der Waals surface area contributed by atoms with Gasteiger partial charge in [0, 0.05) is 10.5 Å². The van der Waals surface area contributed by atoms with Crippen molar-refractivity contribution in [3.63, 3.8) is 0 Å². The summed E-state index contributed by atoms with van der Waals surface area (Å²) >= 11 is 1.71. The van der Waals surface area contributed by atoms with E-state index in [2.05, 4.69) is 39.1 Å². The number of hydrogen-bond acceptors (Lipinski definition) is 2. The van der Waals surface area contributed by atoms with E-state index >= 15 is 0 Å². The number of thioether (sulfide) groups is 1. The molecule has 1 heterocycles. The number of benzene rings is 1. The molecule has 0 bridgehead atoms. The van der Waals surface area contributed by atoms with Gasteiger partial charge in [0.05, 0.1) is 5.69 Å². The zero-order valence-corrected chi connectivity index (χ0v) is 12.1. The lowest BCUT2D eigenvalue weighted by Gasteiger charge is -2.23. The van der Waals surface area contributed by atoms with Crippen molar-refractivity contribution in [2.45, 2.75) is 39.0 Å². The van der Waals surface area contributed by atoms with Crippen molar-refractivity contribution >= 4 is 23.4 Å². The van der Waals surface area contributed by atoms with Crippen molar-refractivity contribution in [1.82, 2.24) is 0 Å². The summed E-state index contributed by atoms with van der Waals surface area (Å²) in [6.07, 6.45) is 0.888. The van der Waals surface area contributed by atoms with Crippen molar-refractivity contribution in [2.75, 3.05) is 5.32 Å². The molecule has 0 spiro atoms. The molecule has 0 fully saturated rings. The van der Waals surface area contributed by atoms with Gasteiger partial charge in [0.2, 0.25) is 0 Å². The van der Waals surface area contributed by atoms with Crippen molar-refractivity contribution in [2.24, 2.45) is 5.41 Å². The maximum Gasteiger partial charge on any atom is 0.252 e. The smallest absolute Gasteiger partial charge is 0.252 e. The highest BCUT2D eigenvalue weighted by molar-refractivity contribution is 8.03. The largest absolute Gasteiger partial charge is 0.321 e. The molecule has 0 atom stereocenters. The normalized spacial score (nSPS) is 16.1. The fraction of sp³-hybridized carbons (Fsp3) is 0.400. The van der Waals surface area contributed by atoms with Gasteiger partial charge >= 0.3 is 0 Å². The summed E-state index contributed by atoms with van der Waals surface area (Å²) in [5, 5.41) is 3.03. The van der Waals surface area contributed by atoms with Crippen LogP contribution >= 0.6 is 11.8 Å². The molecule has 0 saturated heterocycles. The molecule has 1 N–H and O–H groups in total. The van der Waals surface area contributed by atoms with Gasteiger partial charge in [0.1, 0.15) is 0 Å². The zero-order chi connectivity index (χ0) is 13.3. The Morgan fingerprint density at radius 2 is 1.89 bits per heavy atom. The average Bonchev–Trinajstić information content (AvgIpc) is 2.42. The van der Waals surface area contributed by atoms with E-state index in [1.54, 1.807) is 11.8 Å². The first-order valence-corrected chi connectivity index (χ1v) is 7.07. The number of fused-ring (bicyclic) bond motifs is 1. The van der Waals surface area contributed by atoms with Gasteiger partial charge in [-0.3, -0.25) is 4.79 Å². The second-order valence-electron chi connectivity index (χ2n) is 5.45. The van der Waals surface area contributed by atoms with Crippen molar-refractivity contribution in [3.05, 3.63) is 34.7 Å². The van der Waals surface area contributed by atoms with Gasteiger partial charge in [-0.1, -0.05) is 51.6 Å². The molecule has 0 aromatic heterocycles. The van der Waals surface area contributed by atoms with Crippen molar-refractivity contribution < 1.29 is 4.79 Å². The quantitative estimate of drug-likeness (QED) is 0.809. The Morgan fingerprint density at radius 3 is 2.50 bits per heavy atom. The van der Waals surface area contributed by atoms with Gasteiger partial charge in [-0.15, -0.1) is 0 Å². The third-order valence-corrected chi connectivity index (χ3v) is 4.26. The molecule has 2 nitrogen and oxygen atoms in total. The monoisotopic (exact) mass is 261 g/mol. The van der Waals surface area contributed by atoms with Crippen LogP contribution in [0.4, 0.5) is 5.69 Å². The summed E-state index contributed by atoms with van der Waals surface area (Å²) in [5.74, 6) is 0.0387. The zero-order valence-electron chi connectivity index (χ0n) is 11.3. The molecule has 2 rings (SSSR count). The Kier molecular flexibility index (Phi) is 3.53. The minimum Gasteiger partial charge on any atom is -0.321 e. The minimum atomic E-state index is -0.134. The number of carbonyl (C=O) groups is 1. The molecule has 18 heavy (non-hydrogen) atoms. The van der Waals surface area contributed by atoms with Crippen LogP contribution in [0, 0.1) is 5.41 Å². The van der Waals surface area contributed by atoms with E-state index in [-0.39, 0.29) is 11.3 Å². The number of anilines is 1. The van der Waals surface area contributed by atoms with E-state index in [1.165, 1.54) is 4.91 Å². The third-order valence-electron chi connectivity index (χ3n) is 2.95. The van der Waals surface area contributed by atoms with Gasteiger partial charge in [-0.25, -0.2) is 0 Å². The highest BCUT2D eigenvalue weighted by Crippen LogP contribution is 2.43. The number of amides is 1. The van der Waals surface area contributed by atoms with E-state index in [0.717, 1.165) is 22.6 Å². The third kappa shape index (κ3) is 2.46. The molecule has 1 aliphatic heterocycles. The van der Waals surface area contributed by atoms with Crippen LogP contribution in [0.5, 0.6) is 0 Å². The van der Waals surface area contributed by atoms with E-state index in [4.69, 9.17) is 0 Å². The number of carbonyl (C=O) groups excluding carboxylic acids is 1. The van der Waals surface area contributed by atoms with Crippen LogP contribution in [0.25, 0.3) is 0 Å². The lowest BCUT2D eigenvalue weighted by atomic mass is 9.85. The Labute approximate surface area is 113 Å². The summed E-state index contributed by atoms with van der Waals surface area (Å²) in [7, 11) is 0. The number of rotatable bonds is 1. The molecule has 3 heteroatoms. The molecule has 1 aromatic carbocycles. The molecule has 1 amide bonds. The first-order valence-electron chi connectivity index (χ1n) is 6.25. The van der Waals surface area contributed by atoms with Crippen molar-refractivity contribution in [1.29, 1.82) is 0 Å². The van der Waals surface area contributed by atoms with Crippen LogP contribution in [0.2, 0.25) is 0 Å². The van der Waals surface area contributed by atoms with E-state index in [9.17, 15) is 4.79 Å². The van der Waals surface area contributed by atoms with Gasteiger partial charge < -0.3 is 5.32 Å². The van der Waals surface area contributed by atoms with Gasteiger partial charge in [0.15, 0.2) is 0 Å². The molecular weight excluding hydrogens is 242 g/mol. The van der Waals surface area contributed by atoms with Crippen LogP contribution in [-0.4, -0.2) is 5.91 Å². The fourth-order valence-corrected chi connectivity index (χ4v) is 3.45. The van der Waals surface area contributed by atoms with E-state index < -0.39 is 0 Å². The predicted molar refractivity (Wildman–Crippen MR) is 77.7 cm³/mol. The number of hydrogen-bond donors (Lipinski definition) is 1. The van der Waals surface area contributed by atoms with Crippen LogP contribution in [-0.2, 0) is 4.79 Å². The molecular formula is C15H19NOS. The molecule has 96 valence electrons. The first kappa shape index (κ1) is 13.2. The number of allylic oxidation sites excluding steroid dienone is 1. The Hall–Kier alpha value is -1.22. The average molecular weight is 261 g/mol. The first-order chi connectivity index (χ1) is 8.43. The second kappa shape index (κ2) is 4.81. The topological polar surface area (TPSA) is 29.1 Å². The Balaban J connectivity index is 2.54. The lowest BCUT2D eigenvalue weighted by molar-refractivity contribution is -0.113. The van der Waals surface area contributed by atoms with Crippen LogP contribution in [0.15, 0.2) is 39.6 Å². The second-order valence-corrected chi connectivity index (χ2v) is 6.59. The summed E-state index contributed by atoms with van der Waals surface area (Å²) < 4.78 is 0. The highest BCUT2D eigenvalue weighted by atomic mass is 32.2. The summed E-state index contributed by atoms with van der Waals surface area (Å²) in [6.45, 7) is 8.38. The molecule has 1 aromatic rings. The van der Waals surface area contributed by atoms with Crippen molar-refractivity contribution in [3.8, 4) is 0 Å². The highest BCUT2D eigenvalue weighted by Gasteiger charge is 2.30. The molecule has 0 saturated carbocycles. The van der Waals surface area contributed by atoms with Crippen LogP contribution in [0.1, 0.15) is 34.1 Å². The fourth-order valence-electron chi connectivity index (χ4n) is 2.16. The standard InChI is InChI=1S/C15H19NOS/c1-5-11-13(15(2,3)4)14(17)16-10-8-6-7-9-12(10)18-11/h6-9H,5H2,1-4H3,(H,16,17).